The van der Waals surface area contributed by atoms with Gasteiger partial charge in [-0.15, -0.1) is 0 Å². The topological polar surface area (TPSA) is 70.1 Å². The third-order valence-corrected chi connectivity index (χ3v) is 4.85. The van der Waals surface area contributed by atoms with E-state index in [0.29, 0.717) is 18.7 Å². The fourth-order valence-electron chi connectivity index (χ4n) is 3.62. The molecule has 4 rings (SSSR count). The van der Waals surface area contributed by atoms with Gasteiger partial charge in [0, 0.05) is 11.9 Å². The van der Waals surface area contributed by atoms with Gasteiger partial charge in [-0.05, 0) is 24.3 Å². The Hall–Kier alpha value is -2.60. The van der Waals surface area contributed by atoms with Crippen molar-refractivity contribution in [1.82, 2.24) is 9.80 Å². The van der Waals surface area contributed by atoms with Crippen LogP contribution in [0.5, 0.6) is 5.75 Å². The minimum atomic E-state index is -0.924. The van der Waals surface area contributed by atoms with Gasteiger partial charge in [-0.3, -0.25) is 9.69 Å². The summed E-state index contributed by atoms with van der Waals surface area (Å²) in [6.07, 6.45) is 0.652. The van der Waals surface area contributed by atoms with Crippen molar-refractivity contribution in [2.75, 3.05) is 19.7 Å². The molecule has 0 radical (unpaired) electrons. The number of nitrogens with zero attached hydrogens (tertiary/aromatic N) is 2. The van der Waals surface area contributed by atoms with E-state index < -0.39 is 6.10 Å². The number of imide groups is 1. The second-order valence-corrected chi connectivity index (χ2v) is 6.52. The van der Waals surface area contributed by atoms with Crippen molar-refractivity contribution in [3.05, 3.63) is 42.5 Å². The van der Waals surface area contributed by atoms with E-state index in [1.807, 2.05) is 42.5 Å². The average molecular weight is 340 g/mol. The molecule has 2 aliphatic heterocycles. The van der Waals surface area contributed by atoms with E-state index >= 15 is 0 Å². The van der Waals surface area contributed by atoms with Crippen LogP contribution < -0.4 is 4.74 Å². The van der Waals surface area contributed by atoms with E-state index in [0.717, 1.165) is 22.1 Å². The van der Waals surface area contributed by atoms with E-state index in [2.05, 4.69) is 0 Å². The lowest BCUT2D eigenvalue weighted by Crippen LogP contribution is -2.41. The number of urea groups is 1. The summed E-state index contributed by atoms with van der Waals surface area (Å²) in [5.74, 6) is 0.476. The Morgan fingerprint density at radius 3 is 2.80 bits per heavy atom. The maximum atomic E-state index is 12.3. The second-order valence-electron chi connectivity index (χ2n) is 6.52. The predicted octanol–water partition coefficient (Wildman–Crippen LogP) is 2.01. The molecule has 2 aromatic rings. The normalized spacial score (nSPS) is 21.1. The van der Waals surface area contributed by atoms with Crippen LogP contribution in [-0.4, -0.2) is 58.7 Å². The Kier molecular flexibility index (Phi) is 4.05. The van der Waals surface area contributed by atoms with Gasteiger partial charge in [-0.1, -0.05) is 36.4 Å². The number of ether oxygens (including phenoxy) is 1. The first-order chi connectivity index (χ1) is 12.1. The summed E-state index contributed by atoms with van der Waals surface area (Å²) in [5.41, 5.74) is 0. The summed E-state index contributed by atoms with van der Waals surface area (Å²) in [6, 6.07) is 12.9. The molecule has 2 aliphatic rings. The van der Waals surface area contributed by atoms with Gasteiger partial charge in [-0.2, -0.15) is 0 Å². The Morgan fingerprint density at radius 1 is 1.16 bits per heavy atom. The van der Waals surface area contributed by atoms with E-state index in [1.54, 1.807) is 4.90 Å². The van der Waals surface area contributed by atoms with Gasteiger partial charge in [-0.25, -0.2) is 4.79 Å². The van der Waals surface area contributed by atoms with E-state index in [9.17, 15) is 14.7 Å². The van der Waals surface area contributed by atoms with Gasteiger partial charge in [0.2, 0.25) is 0 Å². The third kappa shape index (κ3) is 2.82. The number of carbonyl (C=O) groups excluding carboxylic acids is 2. The Bertz CT molecular complexity index is 795. The molecular weight excluding hydrogens is 320 g/mol. The lowest BCUT2D eigenvalue weighted by atomic mass is 10.1. The van der Waals surface area contributed by atoms with Crippen LogP contribution in [0.15, 0.2) is 42.5 Å². The van der Waals surface area contributed by atoms with Crippen molar-refractivity contribution >= 4 is 22.7 Å². The SMILES string of the molecule is O=C1[C@H]2CCCN2C(=O)N1C[C@@H](O)COc1cccc2ccccc12. The number of benzene rings is 2. The van der Waals surface area contributed by atoms with Crippen molar-refractivity contribution < 1.29 is 19.4 Å². The molecule has 2 atom stereocenters. The molecule has 2 aromatic carbocycles. The number of amides is 3. The molecule has 2 heterocycles. The monoisotopic (exact) mass is 340 g/mol. The minimum Gasteiger partial charge on any atom is -0.490 e. The molecule has 0 unspecified atom stereocenters. The van der Waals surface area contributed by atoms with Crippen LogP contribution in [0.25, 0.3) is 10.8 Å². The molecule has 2 fully saturated rings. The number of aliphatic hydroxyl groups excluding tert-OH is 1. The van der Waals surface area contributed by atoms with Crippen LogP contribution >= 0.6 is 0 Å². The zero-order valence-electron chi connectivity index (χ0n) is 13.8. The lowest BCUT2D eigenvalue weighted by molar-refractivity contribution is -0.129. The molecule has 0 aromatic heterocycles. The zero-order chi connectivity index (χ0) is 17.4. The van der Waals surface area contributed by atoms with Crippen LogP contribution in [-0.2, 0) is 4.79 Å². The van der Waals surface area contributed by atoms with Crippen molar-refractivity contribution in [3.8, 4) is 5.75 Å². The van der Waals surface area contributed by atoms with E-state index in [1.165, 1.54) is 0 Å². The largest absolute Gasteiger partial charge is 0.490 e. The van der Waals surface area contributed by atoms with Crippen molar-refractivity contribution in [3.63, 3.8) is 0 Å². The summed E-state index contributed by atoms with van der Waals surface area (Å²) < 4.78 is 5.74. The quantitative estimate of drug-likeness (QED) is 0.845. The van der Waals surface area contributed by atoms with Gasteiger partial charge in [0.1, 0.15) is 24.5 Å². The fourth-order valence-corrected chi connectivity index (χ4v) is 3.62. The van der Waals surface area contributed by atoms with Crippen LogP contribution in [0, 0.1) is 0 Å². The molecule has 25 heavy (non-hydrogen) atoms. The first kappa shape index (κ1) is 15.9. The standard InChI is InChI=1S/C19H20N2O4/c22-14(11-21-18(23)16-8-4-10-20(16)19(21)24)12-25-17-9-3-6-13-5-1-2-7-15(13)17/h1-3,5-7,9,14,16,22H,4,8,10-12H2/t14-,16-/m1/s1. The van der Waals surface area contributed by atoms with Gasteiger partial charge in [0.05, 0.1) is 6.54 Å². The molecule has 0 saturated carbocycles. The molecule has 0 bridgehead atoms. The summed E-state index contributed by atoms with van der Waals surface area (Å²) in [7, 11) is 0. The molecule has 1 N–H and O–H groups in total. The van der Waals surface area contributed by atoms with Gasteiger partial charge < -0.3 is 14.7 Å². The van der Waals surface area contributed by atoms with Crippen LogP contribution in [0.3, 0.4) is 0 Å². The molecule has 2 saturated heterocycles. The molecule has 6 heteroatoms. The molecule has 0 aliphatic carbocycles. The van der Waals surface area contributed by atoms with Crippen molar-refractivity contribution in [2.24, 2.45) is 0 Å². The fraction of sp³-hybridized carbons (Fsp3) is 0.368. The highest BCUT2D eigenvalue weighted by Gasteiger charge is 2.47. The maximum absolute atomic E-state index is 12.3. The third-order valence-electron chi connectivity index (χ3n) is 4.85. The van der Waals surface area contributed by atoms with Gasteiger partial charge in [0.25, 0.3) is 5.91 Å². The molecule has 130 valence electrons. The number of β-amino-alcohol motifs (C(OH)–C–C–N with tert-alkyl or cyclic N) is 1. The Labute approximate surface area is 145 Å². The maximum Gasteiger partial charge on any atom is 0.327 e. The lowest BCUT2D eigenvalue weighted by Gasteiger charge is -2.20. The number of carbonyl (C=O) groups is 2. The van der Waals surface area contributed by atoms with E-state index in [-0.39, 0.29) is 31.1 Å². The zero-order valence-corrected chi connectivity index (χ0v) is 13.8. The summed E-state index contributed by atoms with van der Waals surface area (Å²) in [6.45, 7) is 0.611. The highest BCUT2D eigenvalue weighted by molar-refractivity contribution is 6.04. The highest BCUT2D eigenvalue weighted by Crippen LogP contribution is 2.28. The second kappa shape index (κ2) is 6.37. The van der Waals surface area contributed by atoms with Gasteiger partial charge >= 0.3 is 6.03 Å². The molecule has 6 nitrogen and oxygen atoms in total. The van der Waals surface area contributed by atoms with Gasteiger partial charge in [0.15, 0.2) is 0 Å². The summed E-state index contributed by atoms with van der Waals surface area (Å²) in [5, 5.41) is 12.3. The van der Waals surface area contributed by atoms with Crippen LogP contribution in [0.4, 0.5) is 4.79 Å². The van der Waals surface area contributed by atoms with Crippen LogP contribution in [0.2, 0.25) is 0 Å². The Morgan fingerprint density at radius 2 is 1.96 bits per heavy atom. The first-order valence-corrected chi connectivity index (χ1v) is 8.56. The molecule has 0 spiro atoms. The number of hydrogen-bond donors (Lipinski definition) is 1. The minimum absolute atomic E-state index is 0.0235. The highest BCUT2D eigenvalue weighted by atomic mass is 16.5. The Balaban J connectivity index is 1.40. The smallest absolute Gasteiger partial charge is 0.327 e. The van der Waals surface area contributed by atoms with Crippen LogP contribution in [0.1, 0.15) is 12.8 Å². The molecular formula is C19H20N2O4. The van der Waals surface area contributed by atoms with Crippen molar-refractivity contribution in [1.29, 1.82) is 0 Å². The predicted molar refractivity (Wildman–Crippen MR) is 92.3 cm³/mol. The average Bonchev–Trinajstić information content (AvgIpc) is 3.20. The number of rotatable bonds is 5. The molecule has 3 amide bonds. The summed E-state index contributed by atoms with van der Waals surface area (Å²) in [4.78, 5) is 27.3. The number of aliphatic hydroxyl groups is 1. The number of fused-ring (bicyclic) bond motifs is 2. The van der Waals surface area contributed by atoms with Crippen molar-refractivity contribution in [2.45, 2.75) is 25.0 Å². The summed E-state index contributed by atoms with van der Waals surface area (Å²) >= 11 is 0. The number of hydrogen-bond acceptors (Lipinski definition) is 4. The van der Waals surface area contributed by atoms with E-state index in [4.69, 9.17) is 4.74 Å². The first-order valence-electron chi connectivity index (χ1n) is 8.56.